The van der Waals surface area contributed by atoms with Gasteiger partial charge in [0.15, 0.2) is 12.3 Å². The molecule has 0 bridgehead atoms. The van der Waals surface area contributed by atoms with E-state index >= 15 is 0 Å². The van der Waals surface area contributed by atoms with Crippen LogP contribution in [0, 0.1) is 0 Å². The minimum atomic E-state index is -1.40. The lowest BCUT2D eigenvalue weighted by Gasteiger charge is -2.46. The number of amides is 2. The largest absolute Gasteiger partial charge is 0.497 e. The normalized spacial score (nSPS) is 19.4. The summed E-state index contributed by atoms with van der Waals surface area (Å²) in [6.45, 7) is 10.3. The van der Waals surface area contributed by atoms with E-state index < -0.39 is 72.7 Å². The van der Waals surface area contributed by atoms with Gasteiger partial charge in [-0.1, -0.05) is 103 Å². The van der Waals surface area contributed by atoms with E-state index in [9.17, 15) is 14.4 Å². The predicted molar refractivity (Wildman–Crippen MR) is 230 cm³/mol. The average molecular weight is 857 g/mol. The molecule has 2 amide bonds. The van der Waals surface area contributed by atoms with Crippen LogP contribution in [0.1, 0.15) is 63.8 Å². The van der Waals surface area contributed by atoms with E-state index in [0.717, 1.165) is 28.0 Å². The topological polar surface area (TPSA) is 158 Å². The van der Waals surface area contributed by atoms with Gasteiger partial charge >= 0.3 is 18.2 Å². The summed E-state index contributed by atoms with van der Waals surface area (Å²) >= 11 is 0. The molecule has 62 heavy (non-hydrogen) atoms. The summed E-state index contributed by atoms with van der Waals surface area (Å²) in [7, 11) is 1.61. The highest BCUT2D eigenvalue weighted by atomic mass is 16.6. The monoisotopic (exact) mass is 856 g/mol. The zero-order chi connectivity index (χ0) is 44.5. The molecule has 5 rings (SSSR count). The predicted octanol–water partition coefficient (Wildman–Crippen LogP) is 7.65. The Morgan fingerprint density at radius 1 is 0.597 bits per heavy atom. The van der Waals surface area contributed by atoms with Crippen molar-refractivity contribution in [2.24, 2.45) is 0 Å². The molecule has 0 saturated carbocycles. The second-order valence-corrected chi connectivity index (χ2v) is 16.7. The second-order valence-electron chi connectivity index (χ2n) is 16.7. The first-order chi connectivity index (χ1) is 29.7. The van der Waals surface area contributed by atoms with Gasteiger partial charge < -0.3 is 47.9 Å². The standard InChI is InChI=1S/C48H60N2O12/c1-47(2,3)61-44(51)38(49-46(53)62-48(4,5)6)31-59-45(52)50-43-42(58-30-35-21-15-10-16-22-35)41(57-29-34-19-13-9-14-20-34)40(56-28-33-17-11-8-12-18-33)39(60-43)32-55-27-36-23-25-37(54-7)26-24-36/h8-26,38-43H,27-32H2,1-7H3,(H,49,53)(H,50,52)/t38-,39+,40+,41-,42+,43-/m0/s1. The molecule has 1 aliphatic heterocycles. The van der Waals surface area contributed by atoms with Crippen LogP contribution < -0.4 is 15.4 Å². The van der Waals surface area contributed by atoms with Crippen LogP contribution in [0.25, 0.3) is 0 Å². The second kappa shape index (κ2) is 23.1. The first-order valence-corrected chi connectivity index (χ1v) is 20.6. The highest BCUT2D eigenvalue weighted by Gasteiger charge is 2.49. The molecule has 0 radical (unpaired) electrons. The molecule has 4 aromatic rings. The number of rotatable bonds is 19. The van der Waals surface area contributed by atoms with Crippen LogP contribution in [0.2, 0.25) is 0 Å². The van der Waals surface area contributed by atoms with Crippen LogP contribution in [0.4, 0.5) is 9.59 Å². The van der Waals surface area contributed by atoms with Gasteiger partial charge in [0, 0.05) is 0 Å². The summed E-state index contributed by atoms with van der Waals surface area (Å²) in [5.41, 5.74) is 1.86. The highest BCUT2D eigenvalue weighted by Crippen LogP contribution is 2.31. The molecule has 0 spiro atoms. The fourth-order valence-electron chi connectivity index (χ4n) is 6.36. The summed E-state index contributed by atoms with van der Waals surface area (Å²) in [6, 6.07) is 35.1. The Balaban J connectivity index is 1.44. The smallest absolute Gasteiger partial charge is 0.409 e. The van der Waals surface area contributed by atoms with Gasteiger partial charge in [-0.3, -0.25) is 5.32 Å². The third kappa shape index (κ3) is 16.1. The molecular weight excluding hydrogens is 797 g/mol. The Kier molecular flexibility index (Phi) is 17.7. The van der Waals surface area contributed by atoms with Crippen molar-refractivity contribution in [3.63, 3.8) is 0 Å². The first-order valence-electron chi connectivity index (χ1n) is 20.6. The van der Waals surface area contributed by atoms with E-state index in [4.69, 9.17) is 42.6 Å². The van der Waals surface area contributed by atoms with E-state index in [2.05, 4.69) is 10.6 Å². The van der Waals surface area contributed by atoms with E-state index in [1.807, 2.05) is 115 Å². The summed E-state index contributed by atoms with van der Waals surface area (Å²) in [5.74, 6) is -0.103. The fourth-order valence-corrected chi connectivity index (χ4v) is 6.36. The van der Waals surface area contributed by atoms with Crippen molar-refractivity contribution in [3.05, 3.63) is 138 Å². The number of ether oxygens (including phenoxy) is 9. The maximum absolute atomic E-state index is 13.8. The Morgan fingerprint density at radius 2 is 1.08 bits per heavy atom. The van der Waals surface area contributed by atoms with Crippen LogP contribution in [-0.2, 0) is 69.1 Å². The van der Waals surface area contributed by atoms with Crippen LogP contribution >= 0.6 is 0 Å². The number of nitrogens with one attached hydrogen (secondary N) is 2. The number of benzene rings is 4. The molecular formula is C48H60N2O12. The van der Waals surface area contributed by atoms with E-state index in [0.29, 0.717) is 0 Å². The number of hydrogen-bond acceptors (Lipinski definition) is 12. The van der Waals surface area contributed by atoms with Crippen molar-refractivity contribution in [2.75, 3.05) is 20.3 Å². The van der Waals surface area contributed by atoms with Gasteiger partial charge in [0.1, 0.15) is 48.0 Å². The molecule has 1 fully saturated rings. The van der Waals surface area contributed by atoms with Gasteiger partial charge in [-0.15, -0.1) is 0 Å². The highest BCUT2D eigenvalue weighted by molar-refractivity contribution is 5.82. The van der Waals surface area contributed by atoms with Gasteiger partial charge in [0.2, 0.25) is 0 Å². The summed E-state index contributed by atoms with van der Waals surface area (Å²) in [5, 5.41) is 5.27. The van der Waals surface area contributed by atoms with E-state index in [-0.39, 0.29) is 33.0 Å². The molecule has 1 aliphatic rings. The van der Waals surface area contributed by atoms with E-state index in [1.165, 1.54) is 0 Å². The molecule has 14 heteroatoms. The number of esters is 1. The maximum Gasteiger partial charge on any atom is 0.409 e. The molecule has 0 aliphatic carbocycles. The lowest BCUT2D eigenvalue weighted by atomic mass is 9.97. The number of carbonyl (C=O) groups excluding carboxylic acids is 3. The molecule has 2 N–H and O–H groups in total. The first kappa shape index (κ1) is 47.5. The number of hydrogen-bond donors (Lipinski definition) is 2. The number of carbonyl (C=O) groups is 3. The molecule has 334 valence electrons. The third-order valence-corrected chi connectivity index (χ3v) is 9.22. The number of alkyl carbamates (subject to hydrolysis) is 2. The Morgan fingerprint density at radius 3 is 1.58 bits per heavy atom. The fraction of sp³-hybridized carbons (Fsp3) is 0.438. The van der Waals surface area contributed by atoms with E-state index in [1.54, 1.807) is 48.7 Å². The Hall–Kier alpha value is -5.51. The summed E-state index contributed by atoms with van der Waals surface area (Å²) < 4.78 is 54.8. The molecule has 6 atom stereocenters. The Labute approximate surface area is 364 Å². The van der Waals surface area contributed by atoms with Crippen LogP contribution in [-0.4, -0.2) is 86.4 Å². The zero-order valence-corrected chi connectivity index (χ0v) is 36.6. The van der Waals surface area contributed by atoms with Crippen molar-refractivity contribution in [1.29, 1.82) is 0 Å². The van der Waals surface area contributed by atoms with Gasteiger partial charge in [-0.2, -0.15) is 0 Å². The molecule has 14 nitrogen and oxygen atoms in total. The lowest BCUT2D eigenvalue weighted by molar-refractivity contribution is -0.276. The SMILES string of the molecule is COc1ccc(COC[C@H]2O[C@H](NC(=O)OC[C@H](NC(=O)OC(C)(C)C)C(=O)OC(C)(C)C)[C@H](OCc3ccccc3)[C@@H](OCc3ccccc3)[C@@H]2OCc2ccccc2)cc1. The van der Waals surface area contributed by atoms with Crippen molar-refractivity contribution in [1.82, 2.24) is 10.6 Å². The van der Waals surface area contributed by atoms with Gasteiger partial charge in [0.25, 0.3) is 0 Å². The third-order valence-electron chi connectivity index (χ3n) is 9.22. The maximum atomic E-state index is 13.8. The quantitative estimate of drug-likeness (QED) is 0.0702. The summed E-state index contributed by atoms with van der Waals surface area (Å²) in [4.78, 5) is 39.8. The van der Waals surface area contributed by atoms with Crippen molar-refractivity contribution in [3.8, 4) is 5.75 Å². The molecule has 0 aromatic heterocycles. The molecule has 1 saturated heterocycles. The Bertz CT molecular complexity index is 1950. The molecule has 4 aromatic carbocycles. The lowest BCUT2D eigenvalue weighted by Crippen LogP contribution is -2.65. The van der Waals surface area contributed by atoms with Crippen molar-refractivity contribution >= 4 is 18.2 Å². The van der Waals surface area contributed by atoms with Crippen molar-refractivity contribution in [2.45, 2.75) is 116 Å². The minimum Gasteiger partial charge on any atom is -0.497 e. The van der Waals surface area contributed by atoms with Gasteiger partial charge in [-0.05, 0) is 75.9 Å². The number of methoxy groups -OCH3 is 1. The van der Waals surface area contributed by atoms with Crippen LogP contribution in [0.5, 0.6) is 5.75 Å². The molecule has 1 heterocycles. The molecule has 0 unspecified atom stereocenters. The average Bonchev–Trinajstić information content (AvgIpc) is 3.23. The van der Waals surface area contributed by atoms with Crippen LogP contribution in [0.3, 0.4) is 0 Å². The van der Waals surface area contributed by atoms with Crippen LogP contribution in [0.15, 0.2) is 115 Å². The minimum absolute atomic E-state index is 0.0375. The van der Waals surface area contributed by atoms with Gasteiger partial charge in [-0.25, -0.2) is 14.4 Å². The van der Waals surface area contributed by atoms with Gasteiger partial charge in [0.05, 0.1) is 40.1 Å². The summed E-state index contributed by atoms with van der Waals surface area (Å²) in [6.07, 6.45) is -6.41. The van der Waals surface area contributed by atoms with Crippen molar-refractivity contribution < 1.29 is 57.0 Å². The zero-order valence-electron chi connectivity index (χ0n) is 36.6.